The number of para-hydroxylation sites is 1. The van der Waals surface area contributed by atoms with Crippen molar-refractivity contribution in [3.05, 3.63) is 54.6 Å². The van der Waals surface area contributed by atoms with Crippen molar-refractivity contribution in [2.24, 2.45) is 0 Å². The Labute approximate surface area is 112 Å². The lowest BCUT2D eigenvalue weighted by Crippen LogP contribution is -2.19. The van der Waals surface area contributed by atoms with Gasteiger partial charge in [0, 0.05) is 16.3 Å². The summed E-state index contributed by atoms with van der Waals surface area (Å²) in [6, 6.07) is 15.1. The number of hydrogen-bond donors (Lipinski definition) is 0. The summed E-state index contributed by atoms with van der Waals surface area (Å²) in [5.74, 6) is 0. The number of benzene rings is 2. The molecule has 0 radical (unpaired) electrons. The molecule has 18 heavy (non-hydrogen) atoms. The molecule has 1 nitrogen and oxygen atoms in total. The van der Waals surface area contributed by atoms with Crippen LogP contribution in [-0.2, 0) is 0 Å². The van der Waals surface area contributed by atoms with Gasteiger partial charge in [-0.15, -0.1) is 0 Å². The smallest absolute Gasteiger partial charge is 0.0553 e. The van der Waals surface area contributed by atoms with Crippen molar-refractivity contribution in [3.63, 3.8) is 0 Å². The maximum atomic E-state index is 3.84. The molecular weight excluding hydrogens is 238 g/mol. The summed E-state index contributed by atoms with van der Waals surface area (Å²) in [5.41, 5.74) is 3.78. The van der Waals surface area contributed by atoms with Crippen LogP contribution < -0.4 is 4.90 Å². The normalized spacial score (nSPS) is 12.8. The number of nitrogens with zero attached hydrogens (tertiary/aromatic N) is 1. The molecule has 2 aromatic carbocycles. The lowest BCUT2D eigenvalue weighted by Gasteiger charge is -2.32. The molecule has 90 valence electrons. The standard InChI is InChI=1S/C16H15NS/c1-3-12-9-10-14-16(11-12)18-15-8-6-5-7-13(15)17(14)4-2/h3,5-11H,1,4H2,2H3. The molecule has 3 rings (SSSR count). The van der Waals surface area contributed by atoms with Gasteiger partial charge in [0.15, 0.2) is 0 Å². The zero-order chi connectivity index (χ0) is 12.5. The van der Waals surface area contributed by atoms with Crippen LogP contribution >= 0.6 is 11.8 Å². The summed E-state index contributed by atoms with van der Waals surface area (Å²) in [6.07, 6.45) is 1.90. The van der Waals surface area contributed by atoms with Gasteiger partial charge in [-0.25, -0.2) is 0 Å². The predicted molar refractivity (Wildman–Crippen MR) is 79.8 cm³/mol. The van der Waals surface area contributed by atoms with Crippen molar-refractivity contribution >= 4 is 29.2 Å². The summed E-state index contributed by atoms with van der Waals surface area (Å²) in [4.78, 5) is 5.01. The second kappa shape index (κ2) is 4.54. The topological polar surface area (TPSA) is 3.24 Å². The number of rotatable bonds is 2. The van der Waals surface area contributed by atoms with Gasteiger partial charge in [0.25, 0.3) is 0 Å². The first kappa shape index (κ1) is 11.4. The van der Waals surface area contributed by atoms with E-state index in [-0.39, 0.29) is 0 Å². The van der Waals surface area contributed by atoms with Crippen LogP contribution in [0.15, 0.2) is 58.8 Å². The summed E-state index contributed by atoms with van der Waals surface area (Å²) in [5, 5.41) is 0. The molecule has 0 amide bonds. The summed E-state index contributed by atoms with van der Waals surface area (Å²) in [7, 11) is 0. The van der Waals surface area contributed by atoms with Crippen LogP contribution in [0.1, 0.15) is 12.5 Å². The van der Waals surface area contributed by atoms with Crippen LogP contribution in [-0.4, -0.2) is 6.54 Å². The fourth-order valence-corrected chi connectivity index (χ4v) is 3.46. The lowest BCUT2D eigenvalue weighted by molar-refractivity contribution is 0.979. The van der Waals surface area contributed by atoms with Gasteiger partial charge in [-0.05, 0) is 36.8 Å². The summed E-state index contributed by atoms with van der Waals surface area (Å²) < 4.78 is 0. The zero-order valence-corrected chi connectivity index (χ0v) is 11.2. The van der Waals surface area contributed by atoms with Crippen LogP contribution in [0.25, 0.3) is 6.08 Å². The van der Waals surface area contributed by atoms with Gasteiger partial charge in [-0.3, -0.25) is 0 Å². The first-order valence-electron chi connectivity index (χ1n) is 6.14. The SMILES string of the molecule is C=Cc1ccc2c(c1)Sc1ccccc1N2CC. The summed E-state index contributed by atoms with van der Waals surface area (Å²) in [6.45, 7) is 7.02. The Balaban J connectivity index is 2.16. The van der Waals surface area contributed by atoms with Crippen molar-refractivity contribution in [1.82, 2.24) is 0 Å². The third-order valence-corrected chi connectivity index (χ3v) is 4.31. The molecule has 0 aromatic heterocycles. The van der Waals surface area contributed by atoms with Crippen LogP contribution in [0, 0.1) is 0 Å². The van der Waals surface area contributed by atoms with Crippen molar-refractivity contribution in [3.8, 4) is 0 Å². The quantitative estimate of drug-likeness (QED) is 0.744. The van der Waals surface area contributed by atoms with E-state index in [4.69, 9.17) is 0 Å². The van der Waals surface area contributed by atoms with Gasteiger partial charge >= 0.3 is 0 Å². The minimum absolute atomic E-state index is 0.984. The average Bonchev–Trinajstić information content (AvgIpc) is 2.44. The van der Waals surface area contributed by atoms with Crippen LogP contribution in [0.3, 0.4) is 0 Å². The van der Waals surface area contributed by atoms with E-state index in [0.29, 0.717) is 0 Å². The molecule has 2 heteroatoms. The van der Waals surface area contributed by atoms with Crippen LogP contribution in [0.2, 0.25) is 0 Å². The fraction of sp³-hybridized carbons (Fsp3) is 0.125. The number of fused-ring (bicyclic) bond motifs is 2. The van der Waals surface area contributed by atoms with Crippen molar-refractivity contribution in [2.45, 2.75) is 16.7 Å². The Morgan fingerprint density at radius 1 is 1.11 bits per heavy atom. The van der Waals surface area contributed by atoms with E-state index in [1.54, 1.807) is 0 Å². The van der Waals surface area contributed by atoms with Gasteiger partial charge in [0.1, 0.15) is 0 Å². The molecule has 0 bridgehead atoms. The number of anilines is 2. The Hall–Kier alpha value is -1.67. The second-order valence-electron chi connectivity index (χ2n) is 4.25. The molecule has 0 spiro atoms. The number of hydrogen-bond acceptors (Lipinski definition) is 2. The van der Waals surface area contributed by atoms with Crippen LogP contribution in [0.4, 0.5) is 11.4 Å². The first-order valence-corrected chi connectivity index (χ1v) is 6.96. The molecule has 0 fully saturated rings. The largest absolute Gasteiger partial charge is 0.340 e. The molecule has 0 saturated carbocycles. The Morgan fingerprint density at radius 2 is 1.89 bits per heavy atom. The highest BCUT2D eigenvalue weighted by molar-refractivity contribution is 7.99. The summed E-state index contributed by atoms with van der Waals surface area (Å²) >= 11 is 1.84. The Bertz CT molecular complexity index is 604. The van der Waals surface area contributed by atoms with Gasteiger partial charge < -0.3 is 4.90 Å². The highest BCUT2D eigenvalue weighted by Crippen LogP contribution is 2.48. The minimum Gasteiger partial charge on any atom is -0.340 e. The first-order chi connectivity index (χ1) is 8.83. The van der Waals surface area contributed by atoms with E-state index in [0.717, 1.165) is 6.54 Å². The van der Waals surface area contributed by atoms with Crippen molar-refractivity contribution in [2.75, 3.05) is 11.4 Å². The van der Waals surface area contributed by atoms with Gasteiger partial charge in [0.2, 0.25) is 0 Å². The third kappa shape index (κ3) is 1.73. The Morgan fingerprint density at radius 3 is 2.67 bits per heavy atom. The molecule has 0 aliphatic carbocycles. The van der Waals surface area contributed by atoms with E-state index in [1.807, 2.05) is 17.8 Å². The molecule has 0 unspecified atom stereocenters. The van der Waals surface area contributed by atoms with Crippen molar-refractivity contribution < 1.29 is 0 Å². The van der Waals surface area contributed by atoms with Gasteiger partial charge in [-0.2, -0.15) is 0 Å². The van der Waals surface area contributed by atoms with Gasteiger partial charge in [0.05, 0.1) is 11.4 Å². The molecule has 0 saturated heterocycles. The van der Waals surface area contributed by atoms with E-state index in [9.17, 15) is 0 Å². The van der Waals surface area contributed by atoms with Gasteiger partial charge in [-0.1, -0.05) is 42.6 Å². The highest BCUT2D eigenvalue weighted by atomic mass is 32.2. The maximum Gasteiger partial charge on any atom is 0.0553 e. The van der Waals surface area contributed by atoms with E-state index < -0.39 is 0 Å². The molecular formula is C16H15NS. The van der Waals surface area contributed by atoms with E-state index in [1.165, 1.54) is 26.7 Å². The minimum atomic E-state index is 0.984. The molecule has 0 atom stereocenters. The molecule has 0 N–H and O–H groups in total. The highest BCUT2D eigenvalue weighted by Gasteiger charge is 2.21. The Kier molecular flexibility index (Phi) is 2.88. The monoisotopic (exact) mass is 253 g/mol. The third-order valence-electron chi connectivity index (χ3n) is 3.20. The van der Waals surface area contributed by atoms with Crippen molar-refractivity contribution in [1.29, 1.82) is 0 Å². The van der Waals surface area contributed by atoms with Crippen LogP contribution in [0.5, 0.6) is 0 Å². The zero-order valence-electron chi connectivity index (χ0n) is 10.4. The van der Waals surface area contributed by atoms with E-state index in [2.05, 4.69) is 60.9 Å². The molecule has 1 aliphatic heterocycles. The lowest BCUT2D eigenvalue weighted by atomic mass is 10.1. The van der Waals surface area contributed by atoms with E-state index >= 15 is 0 Å². The fourth-order valence-electron chi connectivity index (χ4n) is 2.32. The maximum absolute atomic E-state index is 3.84. The second-order valence-corrected chi connectivity index (χ2v) is 5.33. The molecule has 1 aliphatic rings. The molecule has 1 heterocycles. The average molecular weight is 253 g/mol. The molecule has 2 aromatic rings. The predicted octanol–water partition coefficient (Wildman–Crippen LogP) is 4.95.